The largest absolute Gasteiger partial charge is 0.306 e. The Bertz CT molecular complexity index is 75.7. The second-order valence-electron chi connectivity index (χ2n) is 3.05. The third kappa shape index (κ3) is 5.12. The zero-order chi connectivity index (χ0) is 7.98. The highest BCUT2D eigenvalue weighted by Gasteiger charge is 2.02. The van der Waals surface area contributed by atoms with Gasteiger partial charge in [-0.2, -0.15) is 12.6 Å². The Hall–Kier alpha value is 0.310. The minimum Gasteiger partial charge on any atom is -0.306 e. The van der Waals surface area contributed by atoms with Crippen molar-refractivity contribution >= 4 is 12.6 Å². The summed E-state index contributed by atoms with van der Waals surface area (Å²) in [5, 5.41) is 0. The lowest BCUT2D eigenvalue weighted by atomic mass is 10.2. The lowest BCUT2D eigenvalue weighted by Crippen LogP contribution is -2.25. The van der Waals surface area contributed by atoms with Gasteiger partial charge in [0.2, 0.25) is 0 Å². The second-order valence-corrected chi connectivity index (χ2v) is 3.42. The van der Waals surface area contributed by atoms with Gasteiger partial charge in [-0.05, 0) is 31.7 Å². The molecule has 0 aromatic rings. The van der Waals surface area contributed by atoms with Gasteiger partial charge in [-0.1, -0.05) is 13.8 Å². The molecule has 1 nitrogen and oxygen atoms in total. The summed E-state index contributed by atoms with van der Waals surface area (Å²) >= 11 is 4.23. The van der Waals surface area contributed by atoms with Crippen molar-refractivity contribution in [1.82, 2.24) is 4.90 Å². The standard InChI is InChI=1S/C8H19NS/c1-4-5-9(3)6-8(2)7-10/h8,10H,4-7H2,1-3H3. The summed E-state index contributed by atoms with van der Waals surface area (Å²) in [7, 11) is 2.17. The quantitative estimate of drug-likeness (QED) is 0.603. The summed E-state index contributed by atoms with van der Waals surface area (Å²) < 4.78 is 0. The number of nitrogens with zero attached hydrogens (tertiary/aromatic N) is 1. The normalized spacial score (nSPS) is 14.1. The van der Waals surface area contributed by atoms with Crippen LogP contribution in [0.15, 0.2) is 0 Å². The fourth-order valence-corrected chi connectivity index (χ4v) is 1.18. The van der Waals surface area contributed by atoms with Crippen LogP contribution in [-0.2, 0) is 0 Å². The van der Waals surface area contributed by atoms with Crippen LogP contribution in [0.2, 0.25) is 0 Å². The van der Waals surface area contributed by atoms with Gasteiger partial charge in [0.15, 0.2) is 0 Å². The van der Waals surface area contributed by atoms with Crippen molar-refractivity contribution in [3.8, 4) is 0 Å². The summed E-state index contributed by atoms with van der Waals surface area (Å²) in [6.45, 7) is 6.83. The topological polar surface area (TPSA) is 3.24 Å². The highest BCUT2D eigenvalue weighted by Crippen LogP contribution is 1.99. The molecule has 0 N–H and O–H groups in total. The molecule has 0 aliphatic rings. The van der Waals surface area contributed by atoms with Gasteiger partial charge in [-0.3, -0.25) is 0 Å². The van der Waals surface area contributed by atoms with Crippen LogP contribution < -0.4 is 0 Å². The predicted octanol–water partition coefficient (Wildman–Crippen LogP) is 1.89. The fraction of sp³-hybridized carbons (Fsp3) is 1.00. The van der Waals surface area contributed by atoms with Crippen molar-refractivity contribution in [2.24, 2.45) is 5.92 Å². The van der Waals surface area contributed by atoms with Crippen LogP contribution in [0.1, 0.15) is 20.3 Å². The number of rotatable bonds is 5. The highest BCUT2D eigenvalue weighted by molar-refractivity contribution is 7.80. The van der Waals surface area contributed by atoms with Gasteiger partial charge >= 0.3 is 0 Å². The van der Waals surface area contributed by atoms with Gasteiger partial charge in [-0.15, -0.1) is 0 Å². The van der Waals surface area contributed by atoms with Crippen LogP contribution in [-0.4, -0.2) is 30.8 Å². The molecule has 10 heavy (non-hydrogen) atoms. The first kappa shape index (κ1) is 10.3. The van der Waals surface area contributed by atoms with E-state index >= 15 is 0 Å². The van der Waals surface area contributed by atoms with E-state index in [1.54, 1.807) is 0 Å². The Morgan fingerprint density at radius 3 is 2.50 bits per heavy atom. The van der Waals surface area contributed by atoms with Crippen molar-refractivity contribution in [1.29, 1.82) is 0 Å². The zero-order valence-electron chi connectivity index (χ0n) is 7.30. The van der Waals surface area contributed by atoms with E-state index < -0.39 is 0 Å². The van der Waals surface area contributed by atoms with E-state index in [4.69, 9.17) is 0 Å². The Labute approximate surface area is 70.2 Å². The average Bonchev–Trinajstić information content (AvgIpc) is 1.88. The molecule has 0 aromatic heterocycles. The molecule has 62 valence electrons. The van der Waals surface area contributed by atoms with Crippen molar-refractivity contribution in [2.75, 3.05) is 25.9 Å². The molecule has 0 bridgehead atoms. The highest BCUT2D eigenvalue weighted by atomic mass is 32.1. The molecule has 0 saturated carbocycles. The molecule has 0 spiro atoms. The first-order valence-corrected chi connectivity index (χ1v) is 4.63. The molecule has 0 fully saturated rings. The Kier molecular flexibility index (Phi) is 6.24. The van der Waals surface area contributed by atoms with Gasteiger partial charge in [0, 0.05) is 6.54 Å². The Morgan fingerprint density at radius 1 is 1.50 bits per heavy atom. The molecule has 0 aromatic carbocycles. The molecule has 0 rings (SSSR count). The number of thiol groups is 1. The number of hydrogen-bond donors (Lipinski definition) is 1. The molecule has 2 heteroatoms. The maximum absolute atomic E-state index is 4.23. The van der Waals surface area contributed by atoms with Gasteiger partial charge in [0.1, 0.15) is 0 Å². The first-order chi connectivity index (χ1) is 4.70. The maximum atomic E-state index is 4.23. The minimum absolute atomic E-state index is 0.722. The van der Waals surface area contributed by atoms with Crippen LogP contribution in [0.3, 0.4) is 0 Å². The van der Waals surface area contributed by atoms with Gasteiger partial charge in [-0.25, -0.2) is 0 Å². The minimum atomic E-state index is 0.722. The summed E-state index contributed by atoms with van der Waals surface area (Å²) in [4.78, 5) is 2.36. The van der Waals surface area contributed by atoms with Crippen LogP contribution in [0.5, 0.6) is 0 Å². The Morgan fingerprint density at radius 2 is 2.10 bits per heavy atom. The smallest absolute Gasteiger partial charge is 0.00118 e. The van der Waals surface area contributed by atoms with Crippen LogP contribution in [0.4, 0.5) is 0 Å². The van der Waals surface area contributed by atoms with Gasteiger partial charge < -0.3 is 4.90 Å². The van der Waals surface area contributed by atoms with E-state index in [2.05, 4.69) is 38.4 Å². The molecule has 0 amide bonds. The van der Waals surface area contributed by atoms with E-state index in [0.717, 1.165) is 11.7 Å². The third-order valence-corrected chi connectivity index (χ3v) is 2.16. The Balaban J connectivity index is 3.27. The molecule has 0 heterocycles. The molecule has 0 saturated heterocycles. The van der Waals surface area contributed by atoms with Gasteiger partial charge in [0.25, 0.3) is 0 Å². The average molecular weight is 161 g/mol. The summed E-state index contributed by atoms with van der Waals surface area (Å²) in [6, 6.07) is 0. The van der Waals surface area contributed by atoms with Crippen LogP contribution in [0.25, 0.3) is 0 Å². The third-order valence-electron chi connectivity index (χ3n) is 1.54. The molecule has 0 aliphatic heterocycles. The molecular weight excluding hydrogens is 142 g/mol. The van der Waals surface area contributed by atoms with Crippen LogP contribution >= 0.6 is 12.6 Å². The summed E-state index contributed by atoms with van der Waals surface area (Å²) in [5.41, 5.74) is 0. The monoisotopic (exact) mass is 161 g/mol. The summed E-state index contributed by atoms with van der Waals surface area (Å²) in [5.74, 6) is 1.72. The molecule has 1 unspecified atom stereocenters. The first-order valence-electron chi connectivity index (χ1n) is 4.00. The molecule has 1 atom stereocenters. The van der Waals surface area contributed by atoms with Crippen molar-refractivity contribution in [3.05, 3.63) is 0 Å². The lowest BCUT2D eigenvalue weighted by Gasteiger charge is -2.18. The molecular formula is C8H19NS. The van der Waals surface area contributed by atoms with Crippen LogP contribution in [0, 0.1) is 5.92 Å². The van der Waals surface area contributed by atoms with E-state index in [0.29, 0.717) is 0 Å². The lowest BCUT2D eigenvalue weighted by molar-refractivity contribution is 0.298. The molecule has 0 aliphatic carbocycles. The zero-order valence-corrected chi connectivity index (χ0v) is 8.19. The number of hydrogen-bond acceptors (Lipinski definition) is 2. The second kappa shape index (κ2) is 6.05. The van der Waals surface area contributed by atoms with E-state index in [1.165, 1.54) is 19.5 Å². The maximum Gasteiger partial charge on any atom is 0.00118 e. The van der Waals surface area contributed by atoms with Crippen molar-refractivity contribution in [2.45, 2.75) is 20.3 Å². The van der Waals surface area contributed by atoms with Crippen molar-refractivity contribution < 1.29 is 0 Å². The fourth-order valence-electron chi connectivity index (χ4n) is 1.06. The SMILES string of the molecule is CCCN(C)CC(C)CS. The molecule has 0 radical (unpaired) electrons. The van der Waals surface area contributed by atoms with Gasteiger partial charge in [0.05, 0.1) is 0 Å². The van der Waals surface area contributed by atoms with E-state index in [-0.39, 0.29) is 0 Å². The van der Waals surface area contributed by atoms with Crippen molar-refractivity contribution in [3.63, 3.8) is 0 Å². The predicted molar refractivity (Wildman–Crippen MR) is 50.8 cm³/mol. The van der Waals surface area contributed by atoms with E-state index in [1.807, 2.05) is 0 Å². The summed E-state index contributed by atoms with van der Waals surface area (Å²) in [6.07, 6.45) is 1.25. The van der Waals surface area contributed by atoms with E-state index in [9.17, 15) is 0 Å².